The zero-order valence-corrected chi connectivity index (χ0v) is 14.0. The minimum absolute atomic E-state index is 0.0705. The molecule has 6 heteroatoms. The summed E-state index contributed by atoms with van der Waals surface area (Å²) in [6, 6.07) is 5.58. The number of benzene rings is 1. The number of ether oxygens (including phenoxy) is 2. The lowest BCUT2D eigenvalue weighted by atomic mass is 10.2. The lowest BCUT2D eigenvalue weighted by Crippen LogP contribution is -2.22. The molecule has 0 spiro atoms. The van der Waals surface area contributed by atoms with Crippen LogP contribution in [0.5, 0.6) is 11.5 Å². The largest absolute Gasteiger partial charge is 0.493 e. The Morgan fingerprint density at radius 1 is 1.33 bits per heavy atom. The Bertz CT molecular complexity index is 611. The highest BCUT2D eigenvalue weighted by Crippen LogP contribution is 2.34. The molecular weight excluding hydrogens is 306 g/mol. The highest BCUT2D eigenvalue weighted by Gasteiger charge is 2.28. The fourth-order valence-corrected chi connectivity index (χ4v) is 3.00. The van der Waals surface area contributed by atoms with Gasteiger partial charge in [0.05, 0.1) is 18.1 Å². The first kappa shape index (κ1) is 15.9. The normalized spacial score (nSPS) is 17.0. The van der Waals surface area contributed by atoms with E-state index in [1.54, 1.807) is 14.2 Å². The third kappa shape index (κ3) is 3.57. The maximum Gasteiger partial charge on any atom is 0.265 e. The van der Waals surface area contributed by atoms with Gasteiger partial charge >= 0.3 is 0 Å². The molecule has 1 fully saturated rings. The Hall–Kier alpha value is -1.53. The summed E-state index contributed by atoms with van der Waals surface area (Å²) in [4.78, 5) is 14.1. The smallest absolute Gasteiger partial charge is 0.265 e. The molecule has 2 rings (SSSR count). The third-order valence-corrected chi connectivity index (χ3v) is 4.32. The van der Waals surface area contributed by atoms with Crippen molar-refractivity contribution in [1.82, 2.24) is 4.90 Å². The predicted octanol–water partition coefficient (Wildman–Crippen LogP) is 3.31. The van der Waals surface area contributed by atoms with Gasteiger partial charge in [-0.25, -0.2) is 0 Å². The van der Waals surface area contributed by atoms with Crippen LogP contribution in [0.15, 0.2) is 23.1 Å². The number of likely N-dealkylation sites (N-methyl/N-ethyl adjacent to an activating group) is 1. The average Bonchev–Trinajstić information content (AvgIpc) is 2.67. The number of hydrogen-bond donors (Lipinski definition) is 0. The molecule has 0 atom stereocenters. The van der Waals surface area contributed by atoms with Gasteiger partial charge in [-0.05, 0) is 37.6 Å². The van der Waals surface area contributed by atoms with Gasteiger partial charge in [0.25, 0.3) is 5.91 Å². The Morgan fingerprint density at radius 2 is 2.05 bits per heavy atom. The van der Waals surface area contributed by atoms with Crippen LogP contribution in [0.3, 0.4) is 0 Å². The van der Waals surface area contributed by atoms with Crippen LogP contribution in [0.4, 0.5) is 0 Å². The molecule has 0 radical (unpaired) electrons. The van der Waals surface area contributed by atoms with Crippen molar-refractivity contribution in [3.8, 4) is 11.5 Å². The Morgan fingerprint density at radius 3 is 2.57 bits per heavy atom. The third-order valence-electron chi connectivity index (χ3n) is 2.83. The minimum atomic E-state index is -0.0773. The minimum Gasteiger partial charge on any atom is -0.493 e. The van der Waals surface area contributed by atoms with Crippen LogP contribution in [-0.4, -0.2) is 35.4 Å². The van der Waals surface area contributed by atoms with Crippen LogP contribution in [0, 0.1) is 0 Å². The first-order chi connectivity index (χ1) is 9.92. The van der Waals surface area contributed by atoms with Gasteiger partial charge in [0, 0.05) is 7.05 Å². The summed E-state index contributed by atoms with van der Waals surface area (Å²) >= 11 is 6.41. The Balaban J connectivity index is 2.30. The lowest BCUT2D eigenvalue weighted by Gasteiger charge is -2.13. The summed E-state index contributed by atoms with van der Waals surface area (Å²) in [5, 5.41) is 0. The van der Waals surface area contributed by atoms with E-state index in [9.17, 15) is 4.79 Å². The zero-order chi connectivity index (χ0) is 15.6. The molecule has 1 aliphatic heterocycles. The second kappa shape index (κ2) is 6.49. The van der Waals surface area contributed by atoms with Crippen molar-refractivity contribution in [3.63, 3.8) is 0 Å². The van der Waals surface area contributed by atoms with Crippen molar-refractivity contribution in [3.05, 3.63) is 28.7 Å². The molecule has 0 N–H and O–H groups in total. The molecular formula is C15H17NO3S2. The molecule has 0 aliphatic carbocycles. The highest BCUT2D eigenvalue weighted by molar-refractivity contribution is 8.26. The second-order valence-corrected chi connectivity index (χ2v) is 6.49. The SMILES string of the molecule is COc1cc(C=C2SC(=S)N(C)C2=O)ccc1OC(C)C. The van der Waals surface area contributed by atoms with Gasteiger partial charge in [-0.2, -0.15) is 0 Å². The van der Waals surface area contributed by atoms with E-state index >= 15 is 0 Å². The zero-order valence-electron chi connectivity index (χ0n) is 12.4. The molecule has 21 heavy (non-hydrogen) atoms. The molecule has 1 saturated heterocycles. The summed E-state index contributed by atoms with van der Waals surface area (Å²) in [5.41, 5.74) is 0.872. The maximum atomic E-state index is 12.0. The van der Waals surface area contributed by atoms with Gasteiger partial charge in [0.15, 0.2) is 11.5 Å². The number of methoxy groups -OCH3 is 1. The summed E-state index contributed by atoms with van der Waals surface area (Å²) in [5.74, 6) is 1.25. The maximum absolute atomic E-state index is 12.0. The fourth-order valence-electron chi connectivity index (χ4n) is 1.82. The monoisotopic (exact) mass is 323 g/mol. The van der Waals surface area contributed by atoms with E-state index in [-0.39, 0.29) is 12.0 Å². The quantitative estimate of drug-likeness (QED) is 0.628. The molecule has 4 nitrogen and oxygen atoms in total. The molecule has 0 aromatic heterocycles. The summed E-state index contributed by atoms with van der Waals surface area (Å²) < 4.78 is 11.6. The number of carbonyl (C=O) groups is 1. The highest BCUT2D eigenvalue weighted by atomic mass is 32.2. The van der Waals surface area contributed by atoms with Crippen molar-refractivity contribution >= 4 is 40.3 Å². The number of carbonyl (C=O) groups excluding carboxylic acids is 1. The number of hydrogen-bond acceptors (Lipinski definition) is 5. The van der Waals surface area contributed by atoms with E-state index in [0.717, 1.165) is 5.56 Å². The number of rotatable bonds is 4. The van der Waals surface area contributed by atoms with Crippen molar-refractivity contribution in [2.75, 3.05) is 14.2 Å². The molecule has 1 amide bonds. The van der Waals surface area contributed by atoms with Crippen molar-refractivity contribution in [2.24, 2.45) is 0 Å². The standard InChI is InChI=1S/C15H17NO3S2/c1-9(2)19-11-6-5-10(7-12(11)18-4)8-13-14(17)16(3)15(20)21-13/h5-9H,1-4H3. The van der Waals surface area contributed by atoms with Crippen molar-refractivity contribution in [2.45, 2.75) is 20.0 Å². The van der Waals surface area contributed by atoms with Gasteiger partial charge in [-0.1, -0.05) is 30.0 Å². The van der Waals surface area contributed by atoms with Crippen LogP contribution in [0.25, 0.3) is 6.08 Å². The van der Waals surface area contributed by atoms with Gasteiger partial charge < -0.3 is 9.47 Å². The van der Waals surface area contributed by atoms with E-state index in [2.05, 4.69) is 0 Å². The molecule has 0 bridgehead atoms. The molecule has 112 valence electrons. The van der Waals surface area contributed by atoms with E-state index in [1.165, 1.54) is 16.7 Å². The molecule has 1 heterocycles. The summed E-state index contributed by atoms with van der Waals surface area (Å²) in [6.07, 6.45) is 1.88. The molecule has 1 aromatic carbocycles. The molecule has 1 aliphatic rings. The average molecular weight is 323 g/mol. The second-order valence-electron chi connectivity index (χ2n) is 4.82. The summed E-state index contributed by atoms with van der Waals surface area (Å²) in [6.45, 7) is 3.92. The van der Waals surface area contributed by atoms with E-state index < -0.39 is 0 Å². The molecule has 1 aromatic rings. The first-order valence-corrected chi connectivity index (χ1v) is 7.71. The first-order valence-electron chi connectivity index (χ1n) is 6.48. The van der Waals surface area contributed by atoms with Gasteiger partial charge in [0.2, 0.25) is 0 Å². The van der Waals surface area contributed by atoms with Crippen LogP contribution < -0.4 is 9.47 Å². The van der Waals surface area contributed by atoms with E-state index in [0.29, 0.717) is 20.7 Å². The van der Waals surface area contributed by atoms with E-state index in [1.807, 2.05) is 38.1 Å². The molecule has 0 saturated carbocycles. The topological polar surface area (TPSA) is 38.8 Å². The number of nitrogens with zero attached hydrogens (tertiary/aromatic N) is 1. The van der Waals surface area contributed by atoms with Crippen LogP contribution in [-0.2, 0) is 4.79 Å². The predicted molar refractivity (Wildman–Crippen MR) is 89.7 cm³/mol. The van der Waals surface area contributed by atoms with Crippen LogP contribution in [0.1, 0.15) is 19.4 Å². The van der Waals surface area contributed by atoms with Crippen LogP contribution >= 0.6 is 24.0 Å². The Labute approximate surface area is 134 Å². The van der Waals surface area contributed by atoms with Gasteiger partial charge in [0.1, 0.15) is 4.32 Å². The number of amides is 1. The fraction of sp³-hybridized carbons (Fsp3) is 0.333. The van der Waals surface area contributed by atoms with Crippen molar-refractivity contribution in [1.29, 1.82) is 0 Å². The van der Waals surface area contributed by atoms with Crippen LogP contribution in [0.2, 0.25) is 0 Å². The van der Waals surface area contributed by atoms with Gasteiger partial charge in [-0.15, -0.1) is 0 Å². The number of thiocarbonyl (C=S) groups is 1. The van der Waals surface area contributed by atoms with E-state index in [4.69, 9.17) is 21.7 Å². The summed E-state index contributed by atoms with van der Waals surface area (Å²) in [7, 11) is 3.27. The van der Waals surface area contributed by atoms with Gasteiger partial charge in [-0.3, -0.25) is 9.69 Å². The van der Waals surface area contributed by atoms with Crippen molar-refractivity contribution < 1.29 is 14.3 Å². The Kier molecular flexibility index (Phi) is 4.90. The molecule has 0 unspecified atom stereocenters. The number of thioether (sulfide) groups is 1. The lowest BCUT2D eigenvalue weighted by molar-refractivity contribution is -0.121.